The van der Waals surface area contributed by atoms with Crippen molar-refractivity contribution >= 4 is 11.5 Å². The molecule has 2 rings (SSSR count). The fourth-order valence-corrected chi connectivity index (χ4v) is 2.23. The van der Waals surface area contributed by atoms with E-state index in [4.69, 9.17) is 15.0 Å². The summed E-state index contributed by atoms with van der Waals surface area (Å²) in [6, 6.07) is 0. The highest BCUT2D eigenvalue weighted by Crippen LogP contribution is 2.26. The first-order valence-electron chi connectivity index (χ1n) is 6.50. The van der Waals surface area contributed by atoms with Crippen LogP contribution in [0.5, 0.6) is 0 Å². The molecule has 0 aromatic carbocycles. The molecular weight excluding hydrogens is 278 g/mol. The van der Waals surface area contributed by atoms with Gasteiger partial charge in [0.15, 0.2) is 5.82 Å². The molecule has 0 fully saturated rings. The van der Waals surface area contributed by atoms with E-state index in [2.05, 4.69) is 19.7 Å². The summed E-state index contributed by atoms with van der Waals surface area (Å²) >= 11 is 1.24. The Hall–Kier alpha value is -1.38. The van der Waals surface area contributed by atoms with Crippen LogP contribution in [0.1, 0.15) is 39.2 Å². The van der Waals surface area contributed by atoms with Crippen LogP contribution in [0.3, 0.4) is 0 Å². The van der Waals surface area contributed by atoms with Gasteiger partial charge in [0.2, 0.25) is 0 Å². The quantitative estimate of drug-likeness (QED) is 0.866. The Kier molecular flexibility index (Phi) is 4.46. The predicted octanol–water partition coefficient (Wildman–Crippen LogP) is 1.75. The van der Waals surface area contributed by atoms with E-state index < -0.39 is 5.54 Å². The van der Waals surface area contributed by atoms with Gasteiger partial charge in [-0.25, -0.2) is 0 Å². The van der Waals surface area contributed by atoms with Gasteiger partial charge in [-0.3, -0.25) is 0 Å². The first-order chi connectivity index (χ1) is 9.44. The Morgan fingerprint density at radius 1 is 1.45 bits per heavy atom. The summed E-state index contributed by atoms with van der Waals surface area (Å²) in [5, 5.41) is 7.98. The molecule has 0 aliphatic carbocycles. The molecule has 1 atom stereocenters. The molecule has 0 spiro atoms. The fourth-order valence-electron chi connectivity index (χ4n) is 1.55. The van der Waals surface area contributed by atoms with Crippen LogP contribution in [0.25, 0.3) is 10.8 Å². The lowest BCUT2D eigenvalue weighted by molar-refractivity contribution is 0.0410. The second kappa shape index (κ2) is 5.94. The molecule has 2 aromatic rings. The third-order valence-corrected chi connectivity index (χ3v) is 3.49. The number of aromatic nitrogens is 4. The highest BCUT2D eigenvalue weighted by Gasteiger charge is 2.29. The maximum Gasteiger partial charge on any atom is 0.271 e. The number of nitrogens with two attached hydrogens (primary N) is 1. The molecule has 110 valence electrons. The van der Waals surface area contributed by atoms with Crippen LogP contribution >= 0.6 is 11.5 Å². The summed E-state index contributed by atoms with van der Waals surface area (Å²) in [6.45, 7) is 8.05. The highest BCUT2D eigenvalue weighted by atomic mass is 32.1. The average molecular weight is 297 g/mol. The van der Waals surface area contributed by atoms with Crippen LogP contribution < -0.4 is 5.73 Å². The van der Waals surface area contributed by atoms with Crippen molar-refractivity contribution < 1.29 is 9.26 Å². The fraction of sp³-hybridized carbons (Fsp3) is 0.667. The molecule has 2 aromatic heterocycles. The van der Waals surface area contributed by atoms with Crippen LogP contribution in [0.2, 0.25) is 0 Å². The topological polar surface area (TPSA) is 100.0 Å². The summed E-state index contributed by atoms with van der Waals surface area (Å²) in [6.07, 6.45) is 0.863. The zero-order valence-corrected chi connectivity index (χ0v) is 12.9. The van der Waals surface area contributed by atoms with Gasteiger partial charge in [0.25, 0.3) is 5.89 Å². The van der Waals surface area contributed by atoms with E-state index in [-0.39, 0.29) is 6.10 Å². The van der Waals surface area contributed by atoms with Crippen LogP contribution in [-0.4, -0.2) is 32.4 Å². The Morgan fingerprint density at radius 2 is 2.20 bits per heavy atom. The van der Waals surface area contributed by atoms with Gasteiger partial charge < -0.3 is 15.0 Å². The van der Waals surface area contributed by atoms with Crippen molar-refractivity contribution in [3.05, 3.63) is 11.5 Å². The number of hydrogen-bond acceptors (Lipinski definition) is 8. The number of nitrogens with zero attached hydrogens (tertiary/aromatic N) is 4. The Morgan fingerprint density at radius 3 is 2.85 bits per heavy atom. The Bertz CT molecular complexity index is 564. The predicted molar refractivity (Wildman–Crippen MR) is 75.2 cm³/mol. The molecule has 0 bridgehead atoms. The molecule has 0 saturated heterocycles. The molecule has 0 radical (unpaired) electrons. The van der Waals surface area contributed by atoms with Crippen LogP contribution in [0.4, 0.5) is 0 Å². The van der Waals surface area contributed by atoms with E-state index in [1.165, 1.54) is 11.5 Å². The van der Waals surface area contributed by atoms with Gasteiger partial charge in [0.05, 0.1) is 18.4 Å². The standard InChI is InChI=1S/C12H19N5O2S/c1-5-8-9(20-17-15-8)10-14-11(16-19-10)12(4,13)6-18-7(2)3/h7H,5-6,13H2,1-4H3. The van der Waals surface area contributed by atoms with Crippen molar-refractivity contribution in [3.8, 4) is 10.8 Å². The molecule has 0 amide bonds. The summed E-state index contributed by atoms with van der Waals surface area (Å²) in [5.41, 5.74) is 6.24. The summed E-state index contributed by atoms with van der Waals surface area (Å²) < 4.78 is 14.7. The second-order valence-corrected chi connectivity index (χ2v) is 5.86. The first kappa shape index (κ1) is 15.0. The van der Waals surface area contributed by atoms with Gasteiger partial charge >= 0.3 is 0 Å². The van der Waals surface area contributed by atoms with Crippen LogP contribution in [0.15, 0.2) is 4.52 Å². The average Bonchev–Trinajstić information content (AvgIpc) is 3.04. The van der Waals surface area contributed by atoms with Crippen LogP contribution in [0, 0.1) is 0 Å². The van der Waals surface area contributed by atoms with E-state index in [1.807, 2.05) is 27.7 Å². The van der Waals surface area contributed by atoms with Crippen molar-refractivity contribution in [2.75, 3.05) is 6.61 Å². The van der Waals surface area contributed by atoms with Gasteiger partial charge in [-0.1, -0.05) is 16.6 Å². The summed E-state index contributed by atoms with van der Waals surface area (Å²) in [7, 11) is 0. The minimum atomic E-state index is -0.795. The van der Waals surface area contributed by atoms with Gasteiger partial charge in [-0.05, 0) is 38.7 Å². The molecule has 0 saturated carbocycles. The Balaban J connectivity index is 2.20. The summed E-state index contributed by atoms with van der Waals surface area (Å²) in [4.78, 5) is 5.16. The normalized spacial score (nSPS) is 14.7. The lowest BCUT2D eigenvalue weighted by Crippen LogP contribution is -2.40. The van der Waals surface area contributed by atoms with Gasteiger partial charge in [-0.2, -0.15) is 4.98 Å². The van der Waals surface area contributed by atoms with Gasteiger partial charge in [0.1, 0.15) is 10.4 Å². The first-order valence-corrected chi connectivity index (χ1v) is 7.27. The molecule has 8 heteroatoms. The number of aryl methyl sites for hydroxylation is 1. The minimum Gasteiger partial charge on any atom is -0.376 e. The number of ether oxygens (including phenoxy) is 1. The van der Waals surface area contributed by atoms with E-state index in [9.17, 15) is 0 Å². The third-order valence-electron chi connectivity index (χ3n) is 2.74. The maximum absolute atomic E-state index is 6.19. The van der Waals surface area contributed by atoms with Crippen LogP contribution in [-0.2, 0) is 16.7 Å². The zero-order valence-electron chi connectivity index (χ0n) is 12.1. The van der Waals surface area contributed by atoms with Gasteiger partial charge in [-0.15, -0.1) is 5.10 Å². The van der Waals surface area contributed by atoms with Gasteiger partial charge in [0, 0.05) is 0 Å². The Labute approximate surface area is 121 Å². The SMILES string of the molecule is CCc1nnsc1-c1nc(C(C)(N)COC(C)C)no1. The number of hydrogen-bond donors (Lipinski definition) is 1. The minimum absolute atomic E-state index is 0.0987. The molecule has 1 unspecified atom stereocenters. The lowest BCUT2D eigenvalue weighted by atomic mass is 10.1. The lowest BCUT2D eigenvalue weighted by Gasteiger charge is -2.21. The smallest absolute Gasteiger partial charge is 0.271 e. The largest absolute Gasteiger partial charge is 0.376 e. The highest BCUT2D eigenvalue weighted by molar-refractivity contribution is 7.09. The van der Waals surface area contributed by atoms with E-state index >= 15 is 0 Å². The third kappa shape index (κ3) is 3.20. The number of rotatable bonds is 6. The summed E-state index contributed by atoms with van der Waals surface area (Å²) in [5.74, 6) is 0.830. The van der Waals surface area contributed by atoms with Crippen molar-refractivity contribution in [3.63, 3.8) is 0 Å². The molecule has 2 heterocycles. The second-order valence-electron chi connectivity index (χ2n) is 5.10. The monoisotopic (exact) mass is 297 g/mol. The van der Waals surface area contributed by atoms with E-state index in [0.717, 1.165) is 17.0 Å². The van der Waals surface area contributed by atoms with E-state index in [1.54, 1.807) is 0 Å². The van der Waals surface area contributed by atoms with Crippen molar-refractivity contribution in [1.29, 1.82) is 0 Å². The van der Waals surface area contributed by atoms with Crippen molar-refractivity contribution in [2.24, 2.45) is 5.73 Å². The molecular formula is C12H19N5O2S. The van der Waals surface area contributed by atoms with Crippen molar-refractivity contribution in [1.82, 2.24) is 19.7 Å². The molecule has 20 heavy (non-hydrogen) atoms. The zero-order chi connectivity index (χ0) is 14.8. The molecule has 0 aliphatic rings. The molecule has 0 aliphatic heterocycles. The molecule has 7 nitrogen and oxygen atoms in total. The molecule has 2 N–H and O–H groups in total. The van der Waals surface area contributed by atoms with Crippen molar-refractivity contribution in [2.45, 2.75) is 45.8 Å². The maximum atomic E-state index is 6.19. The van der Waals surface area contributed by atoms with E-state index in [0.29, 0.717) is 18.3 Å².